The molecule has 2 heterocycles. The molecule has 1 aromatic heterocycles. The summed E-state index contributed by atoms with van der Waals surface area (Å²) < 4.78 is 5.40. The third-order valence-electron chi connectivity index (χ3n) is 5.26. The van der Waals surface area contributed by atoms with Gasteiger partial charge in [-0.1, -0.05) is 50.6 Å². The van der Waals surface area contributed by atoms with E-state index in [9.17, 15) is 9.59 Å². The lowest BCUT2D eigenvalue weighted by atomic mass is 9.87. The van der Waals surface area contributed by atoms with Gasteiger partial charge >= 0.3 is 0 Å². The van der Waals surface area contributed by atoms with Crippen molar-refractivity contribution in [3.8, 4) is 5.75 Å². The molecule has 0 spiro atoms. The lowest BCUT2D eigenvalue weighted by molar-refractivity contribution is -0.120. The topological polar surface area (TPSA) is 58.6 Å². The van der Waals surface area contributed by atoms with E-state index in [1.54, 1.807) is 18.2 Å². The highest BCUT2D eigenvalue weighted by Gasteiger charge is 2.41. The molecule has 164 valence electrons. The first-order valence-corrected chi connectivity index (χ1v) is 11.3. The molecule has 0 aliphatic carbocycles. The molecule has 4 rings (SSSR count). The summed E-state index contributed by atoms with van der Waals surface area (Å²) in [7, 11) is 1.54. The maximum absolute atomic E-state index is 13.5. The first-order valence-electron chi connectivity index (χ1n) is 10.1. The van der Waals surface area contributed by atoms with E-state index in [2.05, 4.69) is 26.1 Å². The smallest absolute Gasteiger partial charge is 0.282 e. The second-order valence-electron chi connectivity index (χ2n) is 8.44. The SMILES string of the molecule is COc1ccc(Cl)cc1NC1=C(c2cccs2)C(=O)N(c2ccc(C(C)(C)C)cc2)C1=O. The minimum absolute atomic E-state index is 0.0339. The van der Waals surface area contributed by atoms with E-state index in [-0.39, 0.29) is 17.0 Å². The van der Waals surface area contributed by atoms with Crippen LogP contribution in [0.1, 0.15) is 31.2 Å². The Bertz CT molecular complexity index is 1210. The van der Waals surface area contributed by atoms with Crippen molar-refractivity contribution in [2.24, 2.45) is 0 Å². The van der Waals surface area contributed by atoms with Crippen LogP contribution in [0.15, 0.2) is 65.7 Å². The van der Waals surface area contributed by atoms with Crippen LogP contribution in [0, 0.1) is 0 Å². The molecule has 3 aromatic rings. The first-order chi connectivity index (χ1) is 15.2. The fraction of sp³-hybridized carbons (Fsp3) is 0.200. The lowest BCUT2D eigenvalue weighted by Gasteiger charge is -2.21. The molecule has 5 nitrogen and oxygen atoms in total. The van der Waals surface area contributed by atoms with Crippen molar-refractivity contribution in [1.82, 2.24) is 0 Å². The van der Waals surface area contributed by atoms with E-state index < -0.39 is 5.91 Å². The largest absolute Gasteiger partial charge is 0.495 e. The molecule has 1 aliphatic rings. The Balaban J connectivity index is 1.78. The van der Waals surface area contributed by atoms with E-state index in [0.29, 0.717) is 32.6 Å². The van der Waals surface area contributed by atoms with Crippen LogP contribution in [0.4, 0.5) is 11.4 Å². The quantitative estimate of drug-likeness (QED) is 0.461. The van der Waals surface area contributed by atoms with Crippen LogP contribution in [-0.2, 0) is 15.0 Å². The molecule has 0 bridgehead atoms. The number of ether oxygens (including phenoxy) is 1. The van der Waals surface area contributed by atoms with Crippen molar-refractivity contribution in [2.45, 2.75) is 26.2 Å². The van der Waals surface area contributed by atoms with Crippen LogP contribution in [-0.4, -0.2) is 18.9 Å². The number of benzene rings is 2. The van der Waals surface area contributed by atoms with Crippen molar-refractivity contribution >= 4 is 51.7 Å². The number of rotatable bonds is 5. The Morgan fingerprint density at radius 3 is 2.31 bits per heavy atom. The van der Waals surface area contributed by atoms with Gasteiger partial charge in [-0.2, -0.15) is 0 Å². The van der Waals surface area contributed by atoms with Crippen molar-refractivity contribution in [2.75, 3.05) is 17.3 Å². The van der Waals surface area contributed by atoms with Gasteiger partial charge in [-0.15, -0.1) is 11.3 Å². The summed E-state index contributed by atoms with van der Waals surface area (Å²) in [4.78, 5) is 28.9. The molecule has 2 aromatic carbocycles. The summed E-state index contributed by atoms with van der Waals surface area (Å²) in [5, 5.41) is 5.48. The van der Waals surface area contributed by atoms with E-state index in [1.807, 2.05) is 41.8 Å². The van der Waals surface area contributed by atoms with Gasteiger partial charge in [-0.05, 0) is 52.8 Å². The highest BCUT2D eigenvalue weighted by Crippen LogP contribution is 2.38. The zero-order chi connectivity index (χ0) is 23.0. The van der Waals surface area contributed by atoms with Gasteiger partial charge in [-0.25, -0.2) is 4.90 Å². The molecule has 0 saturated heterocycles. The Kier molecular flexibility index (Phi) is 5.84. The summed E-state index contributed by atoms with van der Waals surface area (Å²) in [6, 6.07) is 16.3. The molecule has 0 atom stereocenters. The molecular weight excluding hydrogens is 444 g/mol. The number of methoxy groups -OCH3 is 1. The van der Waals surface area contributed by atoms with Crippen LogP contribution < -0.4 is 15.0 Å². The molecule has 2 amide bonds. The fourth-order valence-electron chi connectivity index (χ4n) is 3.55. The van der Waals surface area contributed by atoms with Gasteiger partial charge in [0.2, 0.25) is 0 Å². The van der Waals surface area contributed by atoms with Gasteiger partial charge in [0.05, 0.1) is 24.1 Å². The molecule has 7 heteroatoms. The average molecular weight is 467 g/mol. The van der Waals surface area contributed by atoms with Crippen LogP contribution in [0.2, 0.25) is 5.02 Å². The zero-order valence-corrected chi connectivity index (χ0v) is 19.8. The van der Waals surface area contributed by atoms with Crippen LogP contribution in [0.5, 0.6) is 5.75 Å². The molecule has 0 unspecified atom stereocenters. The fourth-order valence-corrected chi connectivity index (χ4v) is 4.49. The third kappa shape index (κ3) is 4.04. The number of amides is 2. The highest BCUT2D eigenvalue weighted by atomic mass is 35.5. The van der Waals surface area contributed by atoms with Crippen molar-refractivity contribution in [3.63, 3.8) is 0 Å². The van der Waals surface area contributed by atoms with E-state index in [0.717, 1.165) is 5.56 Å². The van der Waals surface area contributed by atoms with Crippen LogP contribution in [0.25, 0.3) is 5.57 Å². The van der Waals surface area contributed by atoms with Gasteiger partial charge < -0.3 is 10.1 Å². The summed E-state index contributed by atoms with van der Waals surface area (Å²) in [6.07, 6.45) is 0. The van der Waals surface area contributed by atoms with Crippen molar-refractivity contribution in [1.29, 1.82) is 0 Å². The van der Waals surface area contributed by atoms with Gasteiger partial charge in [0.25, 0.3) is 11.8 Å². The Morgan fingerprint density at radius 1 is 1.00 bits per heavy atom. The number of halogens is 1. The number of thiophene rings is 1. The number of hydrogen-bond acceptors (Lipinski definition) is 5. The number of carbonyl (C=O) groups is 2. The van der Waals surface area contributed by atoms with Gasteiger partial charge in [-0.3, -0.25) is 9.59 Å². The number of hydrogen-bond donors (Lipinski definition) is 1. The number of nitrogens with one attached hydrogen (secondary N) is 1. The minimum Gasteiger partial charge on any atom is -0.495 e. The summed E-state index contributed by atoms with van der Waals surface area (Å²) >= 11 is 7.57. The standard InChI is InChI=1S/C25H23ClN2O3S/c1-25(2,3)15-7-10-17(11-8-15)28-23(29)21(20-6-5-13-32-20)22(24(28)30)27-18-14-16(26)9-12-19(18)31-4/h5-14,27H,1-4H3. The molecule has 0 radical (unpaired) electrons. The summed E-state index contributed by atoms with van der Waals surface area (Å²) in [5.74, 6) is -0.283. The second-order valence-corrected chi connectivity index (χ2v) is 9.82. The number of nitrogens with zero attached hydrogens (tertiary/aromatic N) is 1. The molecule has 0 fully saturated rings. The molecule has 0 saturated carbocycles. The number of carbonyl (C=O) groups excluding carboxylic acids is 2. The van der Waals surface area contributed by atoms with Gasteiger partial charge in [0, 0.05) is 9.90 Å². The zero-order valence-electron chi connectivity index (χ0n) is 18.2. The predicted octanol–water partition coefficient (Wildman–Crippen LogP) is 6.10. The minimum atomic E-state index is -0.427. The van der Waals surface area contributed by atoms with E-state index in [4.69, 9.17) is 16.3 Å². The molecule has 32 heavy (non-hydrogen) atoms. The van der Waals surface area contributed by atoms with Crippen LogP contribution >= 0.6 is 22.9 Å². The summed E-state index contributed by atoms with van der Waals surface area (Å²) in [6.45, 7) is 6.35. The van der Waals surface area contributed by atoms with Crippen molar-refractivity contribution in [3.05, 3.63) is 81.1 Å². The summed E-state index contributed by atoms with van der Waals surface area (Å²) in [5.41, 5.74) is 2.64. The van der Waals surface area contributed by atoms with Gasteiger partial charge in [0.15, 0.2) is 0 Å². The molecular formula is C25H23ClN2O3S. The number of imide groups is 1. The Labute approximate surface area is 196 Å². The third-order valence-corrected chi connectivity index (χ3v) is 6.39. The van der Waals surface area contributed by atoms with Crippen molar-refractivity contribution < 1.29 is 14.3 Å². The maximum Gasteiger partial charge on any atom is 0.282 e. The average Bonchev–Trinajstić information content (AvgIpc) is 3.35. The van der Waals surface area contributed by atoms with Crippen LogP contribution in [0.3, 0.4) is 0 Å². The lowest BCUT2D eigenvalue weighted by Crippen LogP contribution is -2.32. The maximum atomic E-state index is 13.5. The van der Waals surface area contributed by atoms with Gasteiger partial charge in [0.1, 0.15) is 11.4 Å². The number of anilines is 2. The van der Waals surface area contributed by atoms with E-state index >= 15 is 0 Å². The second kappa shape index (κ2) is 8.45. The normalized spacial score (nSPS) is 14.3. The Hall–Kier alpha value is -3.09. The molecule has 1 N–H and O–H groups in total. The first kappa shape index (κ1) is 22.1. The molecule has 1 aliphatic heterocycles. The predicted molar refractivity (Wildman–Crippen MR) is 131 cm³/mol. The van der Waals surface area contributed by atoms with E-state index in [1.165, 1.54) is 23.3 Å². The highest BCUT2D eigenvalue weighted by molar-refractivity contribution is 7.11. The Morgan fingerprint density at radius 2 is 1.72 bits per heavy atom. The monoisotopic (exact) mass is 466 g/mol.